The van der Waals surface area contributed by atoms with Crippen LogP contribution in [0.2, 0.25) is 0 Å². The fraction of sp³-hybridized carbons (Fsp3) is 1.00. The molecule has 1 N–H and O–H groups in total. The fourth-order valence-corrected chi connectivity index (χ4v) is 1.37. The number of ether oxygens (including phenoxy) is 1. The lowest BCUT2D eigenvalue weighted by molar-refractivity contribution is 0.154. The lowest BCUT2D eigenvalue weighted by Gasteiger charge is -2.03. The molecule has 0 amide bonds. The van der Waals surface area contributed by atoms with Gasteiger partial charge in [0.05, 0.1) is 0 Å². The van der Waals surface area contributed by atoms with E-state index in [4.69, 9.17) is 4.74 Å². The van der Waals surface area contributed by atoms with Crippen LogP contribution in [-0.4, -0.2) is 25.0 Å². The van der Waals surface area contributed by atoms with Gasteiger partial charge in [0.15, 0.2) is 5.56 Å². The van der Waals surface area contributed by atoms with Crippen molar-refractivity contribution in [2.75, 3.05) is 19.4 Å². The van der Waals surface area contributed by atoms with Crippen molar-refractivity contribution in [2.45, 2.75) is 5.56 Å². The second-order valence-electron chi connectivity index (χ2n) is 1.39. The molecule has 1 aliphatic rings. The highest BCUT2D eigenvalue weighted by atomic mass is 32.2. The normalized spacial score (nSPS) is 31.3. The van der Waals surface area contributed by atoms with Crippen LogP contribution in [0.3, 0.4) is 0 Å². The van der Waals surface area contributed by atoms with Crippen LogP contribution < -0.4 is 5.32 Å². The predicted molar refractivity (Wildman–Crippen MR) is 31.3 cm³/mol. The number of nitrogens with one attached hydrogen (secondary N) is 1. The van der Waals surface area contributed by atoms with E-state index in [1.54, 1.807) is 7.11 Å². The molecule has 1 fully saturated rings. The van der Waals surface area contributed by atoms with Crippen molar-refractivity contribution in [3.8, 4) is 0 Å². The minimum Gasteiger partial charge on any atom is -0.357 e. The largest absolute Gasteiger partial charge is 0.357 e. The zero-order chi connectivity index (χ0) is 5.11. The number of hydrogen-bond donors (Lipinski definition) is 1. The summed E-state index contributed by atoms with van der Waals surface area (Å²) >= 11 is 1.81. The maximum absolute atomic E-state index is 4.96. The Morgan fingerprint density at radius 3 is 3.00 bits per heavy atom. The van der Waals surface area contributed by atoms with E-state index in [9.17, 15) is 0 Å². The molecular formula is C4H9NOS. The fourth-order valence-electron chi connectivity index (χ4n) is 0.553. The maximum Gasteiger partial charge on any atom is 0.155 e. The Bertz CT molecular complexity index is 53.7. The van der Waals surface area contributed by atoms with Gasteiger partial charge in [-0.25, -0.2) is 0 Å². The molecule has 2 nitrogen and oxygen atoms in total. The van der Waals surface area contributed by atoms with Gasteiger partial charge < -0.3 is 4.74 Å². The van der Waals surface area contributed by atoms with Crippen LogP contribution in [0.25, 0.3) is 0 Å². The van der Waals surface area contributed by atoms with Gasteiger partial charge >= 0.3 is 0 Å². The van der Waals surface area contributed by atoms with Crippen LogP contribution >= 0.6 is 11.8 Å². The summed E-state index contributed by atoms with van der Waals surface area (Å²) in [5.74, 6) is 1.18. The monoisotopic (exact) mass is 119 g/mol. The topological polar surface area (TPSA) is 21.3 Å². The SMILES string of the molecule is COC1NCCS1. The third-order valence-electron chi connectivity index (χ3n) is 0.896. The summed E-state index contributed by atoms with van der Waals surface area (Å²) in [6.45, 7) is 1.09. The molecule has 3 heteroatoms. The third kappa shape index (κ3) is 1.33. The first-order valence-electron chi connectivity index (χ1n) is 2.31. The number of thioether (sulfide) groups is 1. The minimum atomic E-state index is 0.264. The average molecular weight is 119 g/mol. The Morgan fingerprint density at radius 2 is 2.71 bits per heavy atom. The quantitative estimate of drug-likeness (QED) is 0.534. The van der Waals surface area contributed by atoms with E-state index in [1.165, 1.54) is 5.75 Å². The molecule has 0 aliphatic carbocycles. The Hall–Kier alpha value is 0.270. The highest BCUT2D eigenvalue weighted by Gasteiger charge is 2.11. The summed E-state index contributed by atoms with van der Waals surface area (Å²) in [5, 5.41) is 3.15. The molecule has 0 bridgehead atoms. The van der Waals surface area contributed by atoms with Gasteiger partial charge in [0.1, 0.15) is 0 Å². The number of rotatable bonds is 1. The van der Waals surface area contributed by atoms with Crippen molar-refractivity contribution >= 4 is 11.8 Å². The van der Waals surface area contributed by atoms with Gasteiger partial charge in [0.2, 0.25) is 0 Å². The van der Waals surface area contributed by atoms with E-state index >= 15 is 0 Å². The number of hydrogen-bond acceptors (Lipinski definition) is 3. The van der Waals surface area contributed by atoms with E-state index in [-0.39, 0.29) is 5.56 Å². The van der Waals surface area contributed by atoms with Crippen LogP contribution in [0.5, 0.6) is 0 Å². The van der Waals surface area contributed by atoms with Gasteiger partial charge in [-0.1, -0.05) is 0 Å². The molecule has 1 unspecified atom stereocenters. The molecule has 1 aliphatic heterocycles. The van der Waals surface area contributed by atoms with Crippen molar-refractivity contribution in [1.29, 1.82) is 0 Å². The summed E-state index contributed by atoms with van der Waals surface area (Å²) in [7, 11) is 1.72. The molecule has 0 radical (unpaired) electrons. The molecule has 7 heavy (non-hydrogen) atoms. The van der Waals surface area contributed by atoms with Crippen molar-refractivity contribution in [3.05, 3.63) is 0 Å². The van der Waals surface area contributed by atoms with Crippen LogP contribution in [-0.2, 0) is 4.74 Å². The van der Waals surface area contributed by atoms with Crippen LogP contribution in [0.1, 0.15) is 0 Å². The van der Waals surface area contributed by atoms with Crippen molar-refractivity contribution < 1.29 is 4.74 Å². The lowest BCUT2D eigenvalue weighted by Crippen LogP contribution is -2.20. The maximum atomic E-state index is 4.96. The molecule has 1 rings (SSSR count). The van der Waals surface area contributed by atoms with Gasteiger partial charge in [0.25, 0.3) is 0 Å². The second kappa shape index (κ2) is 2.55. The summed E-state index contributed by atoms with van der Waals surface area (Å²) < 4.78 is 4.96. The molecule has 42 valence electrons. The average Bonchev–Trinajstić information content (AvgIpc) is 2.14. The molecule has 0 aromatic heterocycles. The molecule has 0 saturated carbocycles. The molecule has 0 aromatic rings. The molecule has 1 heterocycles. The van der Waals surface area contributed by atoms with E-state index in [1.807, 2.05) is 11.8 Å². The molecular weight excluding hydrogens is 110 g/mol. The Kier molecular flexibility index (Phi) is 1.97. The van der Waals surface area contributed by atoms with E-state index < -0.39 is 0 Å². The first-order valence-corrected chi connectivity index (χ1v) is 3.36. The first kappa shape index (κ1) is 5.41. The Balaban J connectivity index is 2.14. The third-order valence-corrected chi connectivity index (χ3v) is 2.00. The van der Waals surface area contributed by atoms with Gasteiger partial charge in [-0.3, -0.25) is 5.32 Å². The molecule has 0 spiro atoms. The van der Waals surface area contributed by atoms with E-state index in [0.717, 1.165) is 6.54 Å². The molecule has 1 saturated heterocycles. The van der Waals surface area contributed by atoms with E-state index in [2.05, 4.69) is 5.32 Å². The smallest absolute Gasteiger partial charge is 0.155 e. The van der Waals surface area contributed by atoms with Gasteiger partial charge in [-0.05, 0) is 0 Å². The predicted octanol–water partition coefficient (Wildman–Crippen LogP) is 0.253. The first-order chi connectivity index (χ1) is 3.43. The standard InChI is InChI=1S/C4H9NOS/c1-6-4-5-2-3-7-4/h4-5H,2-3H2,1H3. The summed E-state index contributed by atoms with van der Waals surface area (Å²) in [4.78, 5) is 0. The zero-order valence-corrected chi connectivity index (χ0v) is 5.12. The van der Waals surface area contributed by atoms with E-state index in [0.29, 0.717) is 0 Å². The summed E-state index contributed by atoms with van der Waals surface area (Å²) in [6.07, 6.45) is 0. The van der Waals surface area contributed by atoms with Gasteiger partial charge in [0, 0.05) is 19.4 Å². The van der Waals surface area contributed by atoms with Crippen LogP contribution in [0.15, 0.2) is 0 Å². The van der Waals surface area contributed by atoms with Gasteiger partial charge in [-0.15, -0.1) is 11.8 Å². The Labute approximate surface area is 47.6 Å². The van der Waals surface area contributed by atoms with Crippen molar-refractivity contribution in [2.24, 2.45) is 0 Å². The van der Waals surface area contributed by atoms with Crippen LogP contribution in [0.4, 0.5) is 0 Å². The minimum absolute atomic E-state index is 0.264. The van der Waals surface area contributed by atoms with Crippen LogP contribution in [0, 0.1) is 0 Å². The lowest BCUT2D eigenvalue weighted by atomic mass is 10.8. The Morgan fingerprint density at radius 1 is 1.86 bits per heavy atom. The highest BCUT2D eigenvalue weighted by Crippen LogP contribution is 2.12. The second-order valence-corrected chi connectivity index (χ2v) is 2.56. The molecule has 1 atom stereocenters. The molecule has 0 aromatic carbocycles. The zero-order valence-electron chi connectivity index (χ0n) is 4.31. The summed E-state index contributed by atoms with van der Waals surface area (Å²) in [6, 6.07) is 0. The number of methoxy groups -OCH3 is 1. The van der Waals surface area contributed by atoms with Gasteiger partial charge in [-0.2, -0.15) is 0 Å². The van der Waals surface area contributed by atoms with Crippen molar-refractivity contribution in [3.63, 3.8) is 0 Å². The summed E-state index contributed by atoms with van der Waals surface area (Å²) in [5.41, 5.74) is 0.264. The highest BCUT2D eigenvalue weighted by molar-refractivity contribution is 7.99. The van der Waals surface area contributed by atoms with Crippen molar-refractivity contribution in [1.82, 2.24) is 5.32 Å².